The quantitative estimate of drug-likeness (QED) is 0.582. The Morgan fingerprint density at radius 1 is 1.40 bits per heavy atom. The molecule has 0 aliphatic heterocycles. The topological polar surface area (TPSA) is 83.6 Å². The second-order valence-corrected chi connectivity index (χ2v) is 2.94. The van der Waals surface area contributed by atoms with Crippen LogP contribution in [0.5, 0.6) is 5.75 Å². The van der Waals surface area contributed by atoms with Crippen LogP contribution >= 0.6 is 0 Å². The van der Waals surface area contributed by atoms with Crippen LogP contribution in [0.4, 0.5) is 5.69 Å². The highest BCUT2D eigenvalue weighted by Gasteiger charge is 2.08. The summed E-state index contributed by atoms with van der Waals surface area (Å²) in [5.74, 6) is -0.136. The number of aliphatic hydroxyl groups excluding tert-OH is 1. The van der Waals surface area contributed by atoms with Gasteiger partial charge in [0.05, 0.1) is 11.5 Å². The molecule has 0 heterocycles. The van der Waals surface area contributed by atoms with E-state index >= 15 is 0 Å². The molecule has 1 rings (SSSR count). The smallest absolute Gasteiger partial charge is 0.270 e. The first kappa shape index (κ1) is 13.4. The zero-order valence-electron chi connectivity index (χ0n) is 8.80. The lowest BCUT2D eigenvalue weighted by Gasteiger charge is -1.98. The molecule has 5 heteroatoms. The molecule has 5 nitrogen and oxygen atoms in total. The molecule has 2 N–H and O–H groups in total. The summed E-state index contributed by atoms with van der Waals surface area (Å²) in [4.78, 5) is 9.64. The predicted octanol–water partition coefficient (Wildman–Crippen LogP) is 2.21. The van der Waals surface area contributed by atoms with Crippen LogP contribution in [0.15, 0.2) is 18.2 Å². The molecule has 0 amide bonds. The van der Waals surface area contributed by atoms with Gasteiger partial charge in [-0.05, 0) is 6.07 Å². The van der Waals surface area contributed by atoms with E-state index in [0.29, 0.717) is 0 Å². The van der Waals surface area contributed by atoms with Gasteiger partial charge in [-0.3, -0.25) is 10.1 Å². The SMILES string of the molecule is CCC.O=[N+]([O-])c1ccc(O)c(CO)c1. The molecule has 0 saturated heterocycles. The fourth-order valence-corrected chi connectivity index (χ4v) is 0.812. The molecular formula is C10H15NO4. The fourth-order valence-electron chi connectivity index (χ4n) is 0.812. The van der Waals surface area contributed by atoms with Crippen molar-refractivity contribution in [2.75, 3.05) is 0 Å². The van der Waals surface area contributed by atoms with Crippen LogP contribution in [0.1, 0.15) is 25.8 Å². The molecular weight excluding hydrogens is 198 g/mol. The first-order valence-electron chi connectivity index (χ1n) is 4.63. The van der Waals surface area contributed by atoms with E-state index in [2.05, 4.69) is 13.8 Å². The van der Waals surface area contributed by atoms with Crippen LogP contribution in [0.2, 0.25) is 0 Å². The molecule has 0 aliphatic rings. The van der Waals surface area contributed by atoms with Gasteiger partial charge >= 0.3 is 0 Å². The van der Waals surface area contributed by atoms with Crippen molar-refractivity contribution >= 4 is 5.69 Å². The minimum Gasteiger partial charge on any atom is -0.508 e. The minimum absolute atomic E-state index is 0.136. The Hall–Kier alpha value is -1.62. The zero-order valence-corrected chi connectivity index (χ0v) is 8.80. The fraction of sp³-hybridized carbons (Fsp3) is 0.400. The lowest BCUT2D eigenvalue weighted by Crippen LogP contribution is -1.90. The van der Waals surface area contributed by atoms with Crippen molar-refractivity contribution < 1.29 is 15.1 Å². The maximum Gasteiger partial charge on any atom is 0.270 e. The van der Waals surface area contributed by atoms with E-state index in [-0.39, 0.29) is 17.0 Å². The standard InChI is InChI=1S/C7H7NO4.C3H8/c9-4-5-3-6(8(11)12)1-2-7(5)10;1-3-2/h1-3,9-10H,4H2;3H2,1-2H3. The van der Waals surface area contributed by atoms with E-state index in [1.54, 1.807) is 0 Å². The molecule has 0 unspecified atom stereocenters. The molecule has 1 aromatic rings. The Bertz CT molecular complexity index is 325. The van der Waals surface area contributed by atoms with Crippen molar-refractivity contribution in [3.63, 3.8) is 0 Å². The van der Waals surface area contributed by atoms with Gasteiger partial charge < -0.3 is 10.2 Å². The van der Waals surface area contributed by atoms with Gasteiger partial charge in [0, 0.05) is 17.7 Å². The highest BCUT2D eigenvalue weighted by atomic mass is 16.6. The van der Waals surface area contributed by atoms with Crippen molar-refractivity contribution in [1.82, 2.24) is 0 Å². The van der Waals surface area contributed by atoms with Crippen LogP contribution in [-0.4, -0.2) is 15.1 Å². The van der Waals surface area contributed by atoms with Gasteiger partial charge in [-0.25, -0.2) is 0 Å². The predicted molar refractivity (Wildman–Crippen MR) is 56.6 cm³/mol. The van der Waals surface area contributed by atoms with Crippen molar-refractivity contribution in [1.29, 1.82) is 0 Å². The number of rotatable bonds is 2. The third-order valence-electron chi connectivity index (χ3n) is 1.44. The van der Waals surface area contributed by atoms with E-state index in [1.807, 2.05) is 0 Å². The molecule has 0 aromatic heterocycles. The summed E-state index contributed by atoms with van der Waals surface area (Å²) in [6, 6.07) is 3.49. The Labute approximate surface area is 88.1 Å². The number of hydrogen-bond acceptors (Lipinski definition) is 4. The number of benzene rings is 1. The first-order chi connectivity index (χ1) is 7.06. The van der Waals surface area contributed by atoms with Crippen LogP contribution in [0, 0.1) is 10.1 Å². The Kier molecular flexibility index (Phi) is 6.05. The maximum absolute atomic E-state index is 10.2. The van der Waals surface area contributed by atoms with Gasteiger partial charge in [-0.1, -0.05) is 20.3 Å². The van der Waals surface area contributed by atoms with E-state index in [4.69, 9.17) is 10.2 Å². The number of phenols is 1. The summed E-state index contributed by atoms with van der Waals surface area (Å²) >= 11 is 0. The third kappa shape index (κ3) is 4.42. The highest BCUT2D eigenvalue weighted by Crippen LogP contribution is 2.22. The van der Waals surface area contributed by atoms with Gasteiger partial charge in [-0.15, -0.1) is 0 Å². The number of non-ortho nitro benzene ring substituents is 1. The molecule has 0 atom stereocenters. The monoisotopic (exact) mass is 213 g/mol. The summed E-state index contributed by atoms with van der Waals surface area (Å²) < 4.78 is 0. The van der Waals surface area contributed by atoms with Crippen LogP contribution in [0.3, 0.4) is 0 Å². The molecule has 1 aromatic carbocycles. The Morgan fingerprint density at radius 2 is 1.93 bits per heavy atom. The van der Waals surface area contributed by atoms with E-state index in [1.165, 1.54) is 18.6 Å². The molecule has 15 heavy (non-hydrogen) atoms. The molecule has 0 saturated carbocycles. The number of hydrogen-bond donors (Lipinski definition) is 2. The Balaban J connectivity index is 0.000000583. The largest absolute Gasteiger partial charge is 0.508 e. The summed E-state index contributed by atoms with van der Waals surface area (Å²) in [7, 11) is 0. The summed E-state index contributed by atoms with van der Waals surface area (Å²) in [6.07, 6.45) is 1.25. The van der Waals surface area contributed by atoms with Gasteiger partial charge in [-0.2, -0.15) is 0 Å². The lowest BCUT2D eigenvalue weighted by atomic mass is 10.2. The number of nitrogens with zero attached hydrogens (tertiary/aromatic N) is 1. The molecule has 0 aliphatic carbocycles. The average molecular weight is 213 g/mol. The number of aromatic hydroxyl groups is 1. The third-order valence-corrected chi connectivity index (χ3v) is 1.44. The van der Waals surface area contributed by atoms with Gasteiger partial charge in [0.1, 0.15) is 5.75 Å². The van der Waals surface area contributed by atoms with E-state index in [9.17, 15) is 10.1 Å². The maximum atomic E-state index is 10.2. The van der Waals surface area contributed by atoms with Crippen LogP contribution < -0.4 is 0 Å². The zero-order chi connectivity index (χ0) is 11.8. The lowest BCUT2D eigenvalue weighted by molar-refractivity contribution is -0.385. The molecule has 0 radical (unpaired) electrons. The number of aliphatic hydroxyl groups is 1. The van der Waals surface area contributed by atoms with Crippen LogP contribution in [0.25, 0.3) is 0 Å². The van der Waals surface area contributed by atoms with Crippen molar-refractivity contribution in [3.8, 4) is 5.75 Å². The summed E-state index contributed by atoms with van der Waals surface area (Å²) in [5, 5.41) is 27.9. The van der Waals surface area contributed by atoms with Gasteiger partial charge in [0.15, 0.2) is 0 Å². The van der Waals surface area contributed by atoms with Crippen molar-refractivity contribution in [3.05, 3.63) is 33.9 Å². The summed E-state index contributed by atoms with van der Waals surface area (Å²) in [5.41, 5.74) is 0.0149. The van der Waals surface area contributed by atoms with Gasteiger partial charge in [0.25, 0.3) is 5.69 Å². The Morgan fingerprint density at radius 3 is 2.33 bits per heavy atom. The van der Waals surface area contributed by atoms with E-state index in [0.717, 1.165) is 6.07 Å². The molecule has 84 valence electrons. The van der Waals surface area contributed by atoms with Crippen molar-refractivity contribution in [2.45, 2.75) is 26.9 Å². The normalized spacial score (nSPS) is 9.00. The van der Waals surface area contributed by atoms with Crippen LogP contribution in [-0.2, 0) is 6.61 Å². The second-order valence-electron chi connectivity index (χ2n) is 2.94. The minimum atomic E-state index is -0.585. The second kappa shape index (κ2) is 6.78. The number of nitro benzene ring substituents is 1. The molecule has 0 bridgehead atoms. The average Bonchev–Trinajstić information content (AvgIpc) is 2.19. The van der Waals surface area contributed by atoms with E-state index < -0.39 is 11.5 Å². The molecule has 0 fully saturated rings. The highest BCUT2D eigenvalue weighted by molar-refractivity contribution is 5.42. The van der Waals surface area contributed by atoms with Crippen molar-refractivity contribution in [2.24, 2.45) is 0 Å². The number of nitro groups is 1. The molecule has 0 spiro atoms. The van der Waals surface area contributed by atoms with Gasteiger partial charge in [0.2, 0.25) is 0 Å². The first-order valence-corrected chi connectivity index (χ1v) is 4.63. The summed E-state index contributed by atoms with van der Waals surface area (Å²) in [6.45, 7) is 3.84.